The molecular formula is C17H17FN2. The van der Waals surface area contributed by atoms with Gasteiger partial charge in [-0.25, -0.2) is 4.39 Å². The molecule has 0 fully saturated rings. The number of benzene rings is 2. The zero-order chi connectivity index (χ0) is 14.4. The molecule has 0 saturated heterocycles. The van der Waals surface area contributed by atoms with Crippen molar-refractivity contribution >= 4 is 5.69 Å². The van der Waals surface area contributed by atoms with Gasteiger partial charge < -0.3 is 10.6 Å². The highest BCUT2D eigenvalue weighted by molar-refractivity contribution is 5.47. The molecule has 3 heteroatoms. The van der Waals surface area contributed by atoms with E-state index in [2.05, 4.69) is 11.8 Å². The highest BCUT2D eigenvalue weighted by Gasteiger charge is 2.03. The fraction of sp³-hybridized carbons (Fsp3) is 0.176. The van der Waals surface area contributed by atoms with E-state index in [9.17, 15) is 4.39 Å². The minimum Gasteiger partial charge on any atom is -0.370 e. The normalized spacial score (nSPS) is 9.75. The van der Waals surface area contributed by atoms with Gasteiger partial charge in [-0.15, -0.1) is 0 Å². The summed E-state index contributed by atoms with van der Waals surface area (Å²) >= 11 is 0. The Kier molecular flexibility index (Phi) is 4.75. The Balaban J connectivity index is 2.13. The van der Waals surface area contributed by atoms with Crippen molar-refractivity contribution in [2.45, 2.75) is 6.54 Å². The van der Waals surface area contributed by atoms with E-state index in [0.29, 0.717) is 13.1 Å². The molecule has 2 aromatic rings. The molecule has 20 heavy (non-hydrogen) atoms. The van der Waals surface area contributed by atoms with Gasteiger partial charge in [-0.3, -0.25) is 0 Å². The summed E-state index contributed by atoms with van der Waals surface area (Å²) in [4.78, 5) is 2.00. The molecule has 2 aromatic carbocycles. The van der Waals surface area contributed by atoms with Crippen LogP contribution in [0.1, 0.15) is 11.1 Å². The van der Waals surface area contributed by atoms with Crippen molar-refractivity contribution < 1.29 is 4.39 Å². The number of rotatable bonds is 3. The van der Waals surface area contributed by atoms with Gasteiger partial charge in [-0.1, -0.05) is 30.0 Å². The summed E-state index contributed by atoms with van der Waals surface area (Å²) < 4.78 is 13.2. The maximum Gasteiger partial charge on any atom is 0.125 e. The Hall–Kier alpha value is -2.31. The lowest BCUT2D eigenvalue weighted by Gasteiger charge is -2.19. The van der Waals surface area contributed by atoms with Gasteiger partial charge in [-0.2, -0.15) is 0 Å². The van der Waals surface area contributed by atoms with Crippen LogP contribution in [-0.2, 0) is 6.54 Å². The van der Waals surface area contributed by atoms with Crippen molar-refractivity contribution in [3.05, 3.63) is 65.5 Å². The first kappa shape index (κ1) is 14.1. The summed E-state index contributed by atoms with van der Waals surface area (Å²) in [5, 5.41) is 0. The first-order valence-electron chi connectivity index (χ1n) is 6.43. The number of hydrogen-bond donors (Lipinski definition) is 1. The SMILES string of the molecule is CN(Cc1cccc(C#CCN)c1)c1cccc(F)c1. The lowest BCUT2D eigenvalue weighted by atomic mass is 10.1. The Bertz CT molecular complexity index is 641. The molecule has 0 aliphatic carbocycles. The van der Waals surface area contributed by atoms with Crippen LogP contribution in [0.3, 0.4) is 0 Å². The molecule has 0 aliphatic rings. The fourth-order valence-corrected chi connectivity index (χ4v) is 1.98. The second-order valence-corrected chi connectivity index (χ2v) is 4.54. The summed E-state index contributed by atoms with van der Waals surface area (Å²) in [5.74, 6) is 5.63. The van der Waals surface area contributed by atoms with Crippen LogP contribution in [0.2, 0.25) is 0 Å². The lowest BCUT2D eigenvalue weighted by Crippen LogP contribution is -2.16. The first-order valence-corrected chi connectivity index (χ1v) is 6.43. The molecule has 0 saturated carbocycles. The molecule has 0 atom stereocenters. The van der Waals surface area contributed by atoms with Crippen molar-refractivity contribution in [2.24, 2.45) is 5.73 Å². The molecule has 0 aliphatic heterocycles. The van der Waals surface area contributed by atoms with E-state index < -0.39 is 0 Å². The minimum absolute atomic E-state index is 0.225. The summed E-state index contributed by atoms with van der Waals surface area (Å²) in [6.07, 6.45) is 0. The molecular weight excluding hydrogens is 251 g/mol. The van der Waals surface area contributed by atoms with Crippen LogP contribution in [-0.4, -0.2) is 13.6 Å². The summed E-state index contributed by atoms with van der Waals surface area (Å²) in [6.45, 7) is 1.05. The second-order valence-electron chi connectivity index (χ2n) is 4.54. The predicted octanol–water partition coefficient (Wildman–Crippen LogP) is 2.77. The monoisotopic (exact) mass is 268 g/mol. The van der Waals surface area contributed by atoms with Gasteiger partial charge >= 0.3 is 0 Å². The minimum atomic E-state index is -0.225. The van der Waals surface area contributed by atoms with E-state index in [0.717, 1.165) is 16.8 Å². The van der Waals surface area contributed by atoms with Gasteiger partial charge in [-0.05, 0) is 35.9 Å². The van der Waals surface area contributed by atoms with Gasteiger partial charge in [0.1, 0.15) is 5.82 Å². The molecule has 0 radical (unpaired) electrons. The smallest absolute Gasteiger partial charge is 0.125 e. The molecule has 102 valence electrons. The van der Waals surface area contributed by atoms with Gasteiger partial charge in [0.05, 0.1) is 6.54 Å². The average Bonchev–Trinajstić information content (AvgIpc) is 2.45. The van der Waals surface area contributed by atoms with Crippen molar-refractivity contribution in [2.75, 3.05) is 18.5 Å². The van der Waals surface area contributed by atoms with E-state index >= 15 is 0 Å². The third kappa shape index (κ3) is 3.84. The molecule has 0 heterocycles. The number of hydrogen-bond acceptors (Lipinski definition) is 2. The Morgan fingerprint density at radius 1 is 1.15 bits per heavy atom. The summed E-state index contributed by atoms with van der Waals surface area (Å²) in [6, 6.07) is 14.6. The van der Waals surface area contributed by atoms with Crippen LogP contribution in [0.4, 0.5) is 10.1 Å². The third-order valence-electron chi connectivity index (χ3n) is 2.93. The largest absolute Gasteiger partial charge is 0.370 e. The first-order chi connectivity index (χ1) is 9.69. The maximum atomic E-state index is 13.2. The number of nitrogens with zero attached hydrogens (tertiary/aromatic N) is 1. The zero-order valence-corrected chi connectivity index (χ0v) is 11.4. The van der Waals surface area contributed by atoms with Crippen molar-refractivity contribution in [3.63, 3.8) is 0 Å². The fourth-order valence-electron chi connectivity index (χ4n) is 1.98. The molecule has 2 rings (SSSR count). The second kappa shape index (κ2) is 6.74. The summed E-state index contributed by atoms with van der Waals surface area (Å²) in [5.41, 5.74) is 8.29. The van der Waals surface area contributed by atoms with Crippen LogP contribution in [0.15, 0.2) is 48.5 Å². The quantitative estimate of drug-likeness (QED) is 0.867. The van der Waals surface area contributed by atoms with Crippen LogP contribution >= 0.6 is 0 Å². The highest BCUT2D eigenvalue weighted by Crippen LogP contribution is 2.17. The molecule has 0 spiro atoms. The Morgan fingerprint density at radius 3 is 2.70 bits per heavy atom. The molecule has 0 aromatic heterocycles. The van der Waals surface area contributed by atoms with Crippen LogP contribution < -0.4 is 10.6 Å². The Labute approximate surface area is 119 Å². The van der Waals surface area contributed by atoms with E-state index in [-0.39, 0.29) is 5.82 Å². The van der Waals surface area contributed by atoms with Crippen LogP contribution in [0.25, 0.3) is 0 Å². The molecule has 0 unspecified atom stereocenters. The molecule has 0 bridgehead atoms. The Morgan fingerprint density at radius 2 is 1.95 bits per heavy atom. The number of anilines is 1. The van der Waals surface area contributed by atoms with Gasteiger partial charge in [0.15, 0.2) is 0 Å². The van der Waals surface area contributed by atoms with Crippen molar-refractivity contribution in [3.8, 4) is 11.8 Å². The van der Waals surface area contributed by atoms with E-state index in [1.165, 1.54) is 12.1 Å². The highest BCUT2D eigenvalue weighted by atomic mass is 19.1. The van der Waals surface area contributed by atoms with E-state index in [1.807, 2.05) is 42.3 Å². The number of halogens is 1. The third-order valence-corrected chi connectivity index (χ3v) is 2.93. The predicted molar refractivity (Wildman–Crippen MR) is 80.9 cm³/mol. The van der Waals surface area contributed by atoms with E-state index in [1.54, 1.807) is 6.07 Å². The van der Waals surface area contributed by atoms with E-state index in [4.69, 9.17) is 5.73 Å². The van der Waals surface area contributed by atoms with Gasteiger partial charge in [0.25, 0.3) is 0 Å². The van der Waals surface area contributed by atoms with Gasteiger partial charge in [0.2, 0.25) is 0 Å². The average molecular weight is 268 g/mol. The zero-order valence-electron chi connectivity index (χ0n) is 11.4. The standard InChI is InChI=1S/C17H17FN2/c1-20(17-9-3-8-16(18)12-17)13-15-6-2-5-14(11-15)7-4-10-19/h2-3,5-6,8-9,11-12H,10,13,19H2,1H3. The maximum absolute atomic E-state index is 13.2. The lowest BCUT2D eigenvalue weighted by molar-refractivity contribution is 0.627. The molecule has 2 nitrogen and oxygen atoms in total. The van der Waals surface area contributed by atoms with Crippen LogP contribution in [0, 0.1) is 17.7 Å². The summed E-state index contributed by atoms with van der Waals surface area (Å²) in [7, 11) is 1.94. The molecule has 2 N–H and O–H groups in total. The number of nitrogens with two attached hydrogens (primary N) is 1. The topological polar surface area (TPSA) is 29.3 Å². The molecule has 0 amide bonds. The van der Waals surface area contributed by atoms with Crippen LogP contribution in [0.5, 0.6) is 0 Å². The van der Waals surface area contributed by atoms with Crippen molar-refractivity contribution in [1.82, 2.24) is 0 Å². The van der Waals surface area contributed by atoms with Gasteiger partial charge in [0, 0.05) is 24.8 Å². The van der Waals surface area contributed by atoms with Crippen molar-refractivity contribution in [1.29, 1.82) is 0 Å².